The average Bonchev–Trinajstić information content (AvgIpc) is 2.39. The Labute approximate surface area is 125 Å². The minimum atomic E-state index is -0.396. The van der Waals surface area contributed by atoms with Crippen molar-refractivity contribution in [2.75, 3.05) is 7.05 Å². The second-order valence-corrected chi connectivity index (χ2v) is 5.55. The summed E-state index contributed by atoms with van der Waals surface area (Å²) in [5.41, 5.74) is 1.94. The molecule has 1 unspecified atom stereocenters. The van der Waals surface area contributed by atoms with Gasteiger partial charge in [-0.05, 0) is 58.7 Å². The van der Waals surface area contributed by atoms with Crippen LogP contribution in [-0.4, -0.2) is 12.0 Å². The van der Waals surface area contributed by atoms with Crippen molar-refractivity contribution in [3.63, 3.8) is 0 Å². The van der Waals surface area contributed by atoms with Crippen LogP contribution in [0.3, 0.4) is 0 Å². The number of aromatic nitrogens is 1. The molecular formula is C14H13BrClFN2. The minimum absolute atomic E-state index is 0.0165. The van der Waals surface area contributed by atoms with Crippen LogP contribution in [0, 0.1) is 5.82 Å². The molecule has 2 rings (SSSR count). The molecule has 1 aromatic heterocycles. The topological polar surface area (TPSA) is 24.9 Å². The lowest BCUT2D eigenvalue weighted by atomic mass is 10.00. The van der Waals surface area contributed by atoms with Crippen LogP contribution in [-0.2, 0) is 6.42 Å². The van der Waals surface area contributed by atoms with E-state index in [0.717, 1.165) is 22.0 Å². The van der Waals surface area contributed by atoms with E-state index in [9.17, 15) is 4.39 Å². The Morgan fingerprint density at radius 2 is 2.16 bits per heavy atom. The number of nitrogens with zero attached hydrogens (tertiary/aromatic N) is 1. The fourth-order valence-electron chi connectivity index (χ4n) is 1.92. The first kappa shape index (κ1) is 14.4. The number of rotatable bonds is 4. The fraction of sp³-hybridized carbons (Fsp3) is 0.214. The van der Waals surface area contributed by atoms with Gasteiger partial charge in [0.05, 0.1) is 5.02 Å². The second-order valence-electron chi connectivity index (χ2n) is 4.23. The fourth-order valence-corrected chi connectivity index (χ4v) is 2.45. The van der Waals surface area contributed by atoms with Crippen LogP contribution in [0.5, 0.6) is 0 Å². The first-order valence-corrected chi connectivity index (χ1v) is 6.99. The molecular weight excluding hydrogens is 331 g/mol. The van der Waals surface area contributed by atoms with Gasteiger partial charge in [-0.3, -0.25) is 4.98 Å². The Morgan fingerprint density at radius 3 is 2.79 bits per heavy atom. The Balaban J connectivity index is 2.22. The molecule has 2 nitrogen and oxygen atoms in total. The largest absolute Gasteiger partial charge is 0.313 e. The summed E-state index contributed by atoms with van der Waals surface area (Å²) in [5.74, 6) is -0.396. The van der Waals surface area contributed by atoms with Crippen molar-refractivity contribution in [3.8, 4) is 0 Å². The summed E-state index contributed by atoms with van der Waals surface area (Å²) < 4.78 is 14.4. The van der Waals surface area contributed by atoms with Crippen molar-refractivity contribution in [1.82, 2.24) is 10.3 Å². The highest BCUT2D eigenvalue weighted by molar-refractivity contribution is 9.10. The van der Waals surface area contributed by atoms with E-state index >= 15 is 0 Å². The molecule has 100 valence electrons. The van der Waals surface area contributed by atoms with Gasteiger partial charge in [-0.15, -0.1) is 0 Å². The van der Waals surface area contributed by atoms with E-state index in [0.29, 0.717) is 0 Å². The molecule has 0 bridgehead atoms. The van der Waals surface area contributed by atoms with Crippen LogP contribution < -0.4 is 5.32 Å². The third-order valence-corrected chi connectivity index (χ3v) is 3.64. The molecule has 1 N–H and O–H groups in total. The summed E-state index contributed by atoms with van der Waals surface area (Å²) in [6, 6.07) is 6.90. The Morgan fingerprint density at radius 1 is 1.37 bits per heavy atom. The van der Waals surface area contributed by atoms with Gasteiger partial charge in [-0.2, -0.15) is 0 Å². The van der Waals surface area contributed by atoms with Crippen LogP contribution in [0.2, 0.25) is 5.02 Å². The van der Waals surface area contributed by atoms with E-state index in [-0.39, 0.29) is 11.1 Å². The monoisotopic (exact) mass is 342 g/mol. The van der Waals surface area contributed by atoms with Gasteiger partial charge in [0.1, 0.15) is 5.82 Å². The maximum absolute atomic E-state index is 13.5. The van der Waals surface area contributed by atoms with Crippen LogP contribution >= 0.6 is 27.5 Å². The molecule has 1 aromatic carbocycles. The van der Waals surface area contributed by atoms with Gasteiger partial charge in [0, 0.05) is 22.9 Å². The normalized spacial score (nSPS) is 12.4. The molecule has 0 aliphatic carbocycles. The Bertz CT molecular complexity index is 577. The number of likely N-dealkylation sites (N-methyl/N-ethyl adjacent to an activating group) is 1. The average molecular weight is 344 g/mol. The number of halogens is 3. The van der Waals surface area contributed by atoms with Gasteiger partial charge in [-0.1, -0.05) is 17.7 Å². The third kappa shape index (κ3) is 3.75. The van der Waals surface area contributed by atoms with Crippen molar-refractivity contribution in [1.29, 1.82) is 0 Å². The molecule has 5 heteroatoms. The zero-order valence-corrected chi connectivity index (χ0v) is 12.7. The molecule has 0 amide bonds. The Hall–Kier alpha value is -0.970. The lowest BCUT2D eigenvalue weighted by molar-refractivity contribution is 0.576. The van der Waals surface area contributed by atoms with Gasteiger partial charge in [0.2, 0.25) is 0 Å². The predicted molar refractivity (Wildman–Crippen MR) is 78.9 cm³/mol. The summed E-state index contributed by atoms with van der Waals surface area (Å²) in [5, 5.41) is 3.32. The van der Waals surface area contributed by atoms with Gasteiger partial charge < -0.3 is 5.32 Å². The zero-order chi connectivity index (χ0) is 13.8. The molecule has 0 spiro atoms. The number of pyridine rings is 1. The van der Waals surface area contributed by atoms with Crippen molar-refractivity contribution in [3.05, 3.63) is 63.1 Å². The van der Waals surface area contributed by atoms with E-state index in [2.05, 4.69) is 26.2 Å². The molecule has 0 radical (unpaired) electrons. The lowest BCUT2D eigenvalue weighted by Gasteiger charge is -2.17. The Kier molecular flexibility index (Phi) is 4.91. The number of benzene rings is 1. The first-order chi connectivity index (χ1) is 9.10. The molecule has 19 heavy (non-hydrogen) atoms. The molecule has 0 aliphatic heterocycles. The minimum Gasteiger partial charge on any atom is -0.313 e. The van der Waals surface area contributed by atoms with Crippen LogP contribution in [0.1, 0.15) is 17.2 Å². The smallest absolute Gasteiger partial charge is 0.142 e. The molecule has 1 heterocycles. The summed E-state index contributed by atoms with van der Waals surface area (Å²) in [6.45, 7) is 0. The summed E-state index contributed by atoms with van der Waals surface area (Å²) >= 11 is 9.09. The quantitative estimate of drug-likeness (QED) is 0.902. The lowest BCUT2D eigenvalue weighted by Crippen LogP contribution is -2.19. The highest BCUT2D eigenvalue weighted by Gasteiger charge is 2.12. The predicted octanol–water partition coefficient (Wildman–Crippen LogP) is 4.14. The standard InChI is InChI=1S/C14H13BrClFN2/c1-18-14(5-9-4-11(15)8-19-7-9)10-2-3-12(16)13(17)6-10/h2-4,6-8,14,18H,5H2,1H3. The van der Waals surface area contributed by atoms with E-state index in [1.165, 1.54) is 6.07 Å². The van der Waals surface area contributed by atoms with E-state index in [1.807, 2.05) is 19.2 Å². The molecule has 0 saturated heterocycles. The third-order valence-electron chi connectivity index (χ3n) is 2.90. The summed E-state index contributed by atoms with van der Waals surface area (Å²) in [7, 11) is 1.85. The number of nitrogens with one attached hydrogen (secondary N) is 1. The van der Waals surface area contributed by atoms with Gasteiger partial charge >= 0.3 is 0 Å². The van der Waals surface area contributed by atoms with Crippen LogP contribution in [0.25, 0.3) is 0 Å². The molecule has 0 fully saturated rings. The van der Waals surface area contributed by atoms with E-state index in [4.69, 9.17) is 11.6 Å². The van der Waals surface area contributed by atoms with Crippen LogP contribution in [0.4, 0.5) is 4.39 Å². The van der Waals surface area contributed by atoms with Gasteiger partial charge in [0.25, 0.3) is 0 Å². The van der Waals surface area contributed by atoms with Crippen molar-refractivity contribution in [2.45, 2.75) is 12.5 Å². The van der Waals surface area contributed by atoms with E-state index < -0.39 is 5.82 Å². The zero-order valence-electron chi connectivity index (χ0n) is 10.3. The highest BCUT2D eigenvalue weighted by Crippen LogP contribution is 2.23. The van der Waals surface area contributed by atoms with Crippen LogP contribution in [0.15, 0.2) is 41.1 Å². The molecule has 2 aromatic rings. The maximum Gasteiger partial charge on any atom is 0.142 e. The first-order valence-electron chi connectivity index (χ1n) is 5.82. The SMILES string of the molecule is CNC(Cc1cncc(Br)c1)c1ccc(Cl)c(F)c1. The van der Waals surface area contributed by atoms with Gasteiger partial charge in [-0.25, -0.2) is 4.39 Å². The summed E-state index contributed by atoms with van der Waals surface area (Å²) in [4.78, 5) is 4.13. The molecule has 0 saturated carbocycles. The number of hydrogen-bond donors (Lipinski definition) is 1. The van der Waals surface area contributed by atoms with Crippen molar-refractivity contribution in [2.24, 2.45) is 0 Å². The molecule has 1 atom stereocenters. The van der Waals surface area contributed by atoms with Crippen molar-refractivity contribution >= 4 is 27.5 Å². The van der Waals surface area contributed by atoms with E-state index in [1.54, 1.807) is 18.5 Å². The maximum atomic E-state index is 13.5. The van der Waals surface area contributed by atoms with Gasteiger partial charge in [0.15, 0.2) is 0 Å². The highest BCUT2D eigenvalue weighted by atomic mass is 79.9. The molecule has 0 aliphatic rings. The van der Waals surface area contributed by atoms with Crippen molar-refractivity contribution < 1.29 is 4.39 Å². The number of hydrogen-bond acceptors (Lipinski definition) is 2. The summed E-state index contributed by atoms with van der Waals surface area (Å²) in [6.07, 6.45) is 4.27. The second kappa shape index (κ2) is 6.46.